The molecule has 0 aliphatic rings. The van der Waals surface area contributed by atoms with Crippen molar-refractivity contribution in [3.05, 3.63) is 17.5 Å². The van der Waals surface area contributed by atoms with Gasteiger partial charge in [0.2, 0.25) is 0 Å². The van der Waals surface area contributed by atoms with Crippen LogP contribution in [-0.4, -0.2) is 31.9 Å². The molecule has 0 heterocycles. The van der Waals surface area contributed by atoms with Crippen LogP contribution in [0.25, 0.3) is 0 Å². The first-order chi connectivity index (χ1) is 4.56. The Labute approximate surface area is 62.1 Å². The molecule has 0 N–H and O–H groups in total. The maximum absolute atomic E-state index is 10.9. The number of likely N-dealkylation sites (N-methyl/N-ethyl adjacent to an activating group) is 1. The molecule has 3 heteroatoms. The monoisotopic (exact) mass is 145 g/mol. The molecule has 3 nitrogen and oxygen atoms in total. The molecule has 0 aromatic heterocycles. The Balaban J connectivity index is 3.20. The fourth-order valence-electron chi connectivity index (χ4n) is 0.437. The fourth-order valence-corrected chi connectivity index (χ4v) is 0.437. The molecule has 0 bridgehead atoms. The van der Waals surface area contributed by atoms with E-state index in [1.165, 1.54) is 0 Å². The summed E-state index contributed by atoms with van der Waals surface area (Å²) < 4.78 is 4.67. The maximum atomic E-state index is 10.9. The summed E-state index contributed by atoms with van der Waals surface area (Å²) in [5.74, 6) is 0. The SMILES string of the molecule is CC=COCC[N+](C)(C)[O-]. The van der Waals surface area contributed by atoms with Crippen LogP contribution in [0.5, 0.6) is 0 Å². The van der Waals surface area contributed by atoms with Gasteiger partial charge in [-0.25, -0.2) is 0 Å². The molecule has 0 rings (SSSR count). The Hall–Kier alpha value is -0.540. The largest absolute Gasteiger partial charge is 0.633 e. The topological polar surface area (TPSA) is 32.3 Å². The highest BCUT2D eigenvalue weighted by Crippen LogP contribution is 1.91. The molecule has 0 fully saturated rings. The Bertz CT molecular complexity index is 105. The molecule has 0 aromatic carbocycles. The summed E-state index contributed by atoms with van der Waals surface area (Å²) in [6, 6.07) is 0. The summed E-state index contributed by atoms with van der Waals surface area (Å²) in [6.45, 7) is 2.85. The van der Waals surface area contributed by atoms with Crippen LogP contribution in [0, 0.1) is 5.21 Å². The lowest BCUT2D eigenvalue weighted by Gasteiger charge is -2.33. The molecule has 0 atom stereocenters. The van der Waals surface area contributed by atoms with Crippen molar-refractivity contribution in [1.29, 1.82) is 0 Å². The summed E-state index contributed by atoms with van der Waals surface area (Å²) in [5.41, 5.74) is 0. The van der Waals surface area contributed by atoms with Gasteiger partial charge in [0.05, 0.1) is 20.4 Å². The van der Waals surface area contributed by atoms with Crippen molar-refractivity contribution in [2.75, 3.05) is 27.2 Å². The Kier molecular flexibility index (Phi) is 4.07. The first kappa shape index (κ1) is 9.46. The van der Waals surface area contributed by atoms with E-state index in [1.807, 2.05) is 6.92 Å². The van der Waals surface area contributed by atoms with Gasteiger partial charge in [-0.05, 0) is 6.92 Å². The van der Waals surface area contributed by atoms with Gasteiger partial charge < -0.3 is 14.6 Å². The summed E-state index contributed by atoms with van der Waals surface area (Å²) in [5, 5.41) is 10.9. The van der Waals surface area contributed by atoms with Crippen LogP contribution in [0.1, 0.15) is 6.92 Å². The van der Waals surface area contributed by atoms with Crippen molar-refractivity contribution in [1.82, 2.24) is 0 Å². The first-order valence-electron chi connectivity index (χ1n) is 3.33. The number of hydrogen-bond donors (Lipinski definition) is 0. The predicted octanol–water partition coefficient (Wildman–Crippen LogP) is 1.11. The van der Waals surface area contributed by atoms with E-state index >= 15 is 0 Å². The quantitative estimate of drug-likeness (QED) is 0.257. The first-order valence-corrected chi connectivity index (χ1v) is 3.33. The van der Waals surface area contributed by atoms with Crippen LogP contribution < -0.4 is 0 Å². The number of ether oxygens (including phenoxy) is 1. The lowest BCUT2D eigenvalue weighted by atomic mass is 10.6. The van der Waals surface area contributed by atoms with Crippen molar-refractivity contribution in [3.63, 3.8) is 0 Å². The average molecular weight is 145 g/mol. The highest BCUT2D eigenvalue weighted by molar-refractivity contribution is 4.64. The number of quaternary nitrogens is 1. The predicted molar refractivity (Wildman–Crippen MR) is 41.1 cm³/mol. The molecule has 0 aliphatic heterocycles. The highest BCUT2D eigenvalue weighted by Gasteiger charge is 1.98. The van der Waals surface area contributed by atoms with Crippen LogP contribution in [0.4, 0.5) is 0 Å². The minimum Gasteiger partial charge on any atom is -0.633 e. The standard InChI is InChI=1S/C7H15NO2/c1-4-6-10-7-5-8(2,3)9/h4,6H,5,7H2,1-3H3. The second-order valence-electron chi connectivity index (χ2n) is 2.64. The van der Waals surface area contributed by atoms with Crippen molar-refractivity contribution < 1.29 is 9.38 Å². The smallest absolute Gasteiger partial charge is 0.136 e. The molecule has 0 amide bonds. The van der Waals surface area contributed by atoms with Gasteiger partial charge in [0, 0.05) is 0 Å². The Morgan fingerprint density at radius 1 is 1.50 bits per heavy atom. The van der Waals surface area contributed by atoms with Gasteiger partial charge in [-0.15, -0.1) is 0 Å². The van der Waals surface area contributed by atoms with Crippen molar-refractivity contribution in [2.45, 2.75) is 6.92 Å². The van der Waals surface area contributed by atoms with Crippen LogP contribution in [0.15, 0.2) is 12.3 Å². The number of rotatable bonds is 4. The van der Waals surface area contributed by atoms with E-state index in [9.17, 15) is 5.21 Å². The molecule has 0 saturated heterocycles. The molecule has 0 unspecified atom stereocenters. The van der Waals surface area contributed by atoms with Crippen LogP contribution in [0.2, 0.25) is 0 Å². The molecule has 60 valence electrons. The lowest BCUT2D eigenvalue weighted by Crippen LogP contribution is -2.35. The summed E-state index contributed by atoms with van der Waals surface area (Å²) in [6.07, 6.45) is 3.39. The second kappa shape index (κ2) is 4.30. The van der Waals surface area contributed by atoms with Gasteiger partial charge in [-0.1, -0.05) is 6.08 Å². The molecule has 0 saturated carbocycles. The molecule has 10 heavy (non-hydrogen) atoms. The third-order valence-electron chi connectivity index (χ3n) is 0.980. The molecular formula is C7H15NO2. The van der Waals surface area contributed by atoms with E-state index in [0.29, 0.717) is 13.2 Å². The third kappa shape index (κ3) is 7.46. The van der Waals surface area contributed by atoms with E-state index in [2.05, 4.69) is 0 Å². The van der Waals surface area contributed by atoms with Crippen molar-refractivity contribution in [3.8, 4) is 0 Å². The summed E-state index contributed by atoms with van der Waals surface area (Å²) in [4.78, 5) is 0. The highest BCUT2D eigenvalue weighted by atomic mass is 16.5. The van der Waals surface area contributed by atoms with Crippen LogP contribution >= 0.6 is 0 Å². The molecule has 0 aliphatic carbocycles. The molecule has 0 radical (unpaired) electrons. The number of nitrogens with zero attached hydrogens (tertiary/aromatic N) is 1. The summed E-state index contributed by atoms with van der Waals surface area (Å²) >= 11 is 0. The minimum atomic E-state index is -0.294. The van der Waals surface area contributed by atoms with E-state index < -0.39 is 0 Å². The van der Waals surface area contributed by atoms with E-state index in [4.69, 9.17) is 4.74 Å². The zero-order valence-corrected chi connectivity index (χ0v) is 6.83. The van der Waals surface area contributed by atoms with Gasteiger partial charge in [0.25, 0.3) is 0 Å². The van der Waals surface area contributed by atoms with Crippen LogP contribution in [0.3, 0.4) is 0 Å². The molecule has 0 aromatic rings. The van der Waals surface area contributed by atoms with Gasteiger partial charge >= 0.3 is 0 Å². The lowest BCUT2D eigenvalue weighted by molar-refractivity contribution is -0.840. The van der Waals surface area contributed by atoms with Gasteiger partial charge in [-0.3, -0.25) is 0 Å². The van der Waals surface area contributed by atoms with Crippen molar-refractivity contribution in [2.24, 2.45) is 0 Å². The number of hydroxylamine groups is 3. The van der Waals surface area contributed by atoms with Crippen LogP contribution in [-0.2, 0) is 4.74 Å². The third-order valence-corrected chi connectivity index (χ3v) is 0.980. The normalized spacial score (nSPS) is 12.4. The molecular weight excluding hydrogens is 130 g/mol. The van der Waals surface area contributed by atoms with E-state index in [1.54, 1.807) is 26.4 Å². The minimum absolute atomic E-state index is 0.294. The summed E-state index contributed by atoms with van der Waals surface area (Å²) in [7, 11) is 3.19. The zero-order valence-electron chi connectivity index (χ0n) is 6.83. The van der Waals surface area contributed by atoms with Gasteiger partial charge in [0.1, 0.15) is 13.2 Å². The maximum Gasteiger partial charge on any atom is 0.136 e. The number of hydrogen-bond acceptors (Lipinski definition) is 2. The zero-order chi connectivity index (χ0) is 8.04. The van der Waals surface area contributed by atoms with Gasteiger partial charge in [-0.2, -0.15) is 0 Å². The van der Waals surface area contributed by atoms with Gasteiger partial charge in [0.15, 0.2) is 0 Å². The van der Waals surface area contributed by atoms with E-state index in [-0.39, 0.29) is 4.65 Å². The molecule has 0 spiro atoms. The van der Waals surface area contributed by atoms with Crippen molar-refractivity contribution >= 4 is 0 Å². The fraction of sp³-hybridized carbons (Fsp3) is 0.714. The average Bonchev–Trinajstić information content (AvgIpc) is 1.78. The van der Waals surface area contributed by atoms with E-state index in [0.717, 1.165) is 0 Å². The number of allylic oxidation sites excluding steroid dienone is 1. The Morgan fingerprint density at radius 2 is 2.10 bits per heavy atom. The Morgan fingerprint density at radius 3 is 2.50 bits per heavy atom. The second-order valence-corrected chi connectivity index (χ2v) is 2.64.